The number of carbonyl (C=O) groups is 1. The third kappa shape index (κ3) is 3.36. The molecule has 0 aromatic carbocycles. The van der Waals surface area contributed by atoms with Gasteiger partial charge in [0, 0.05) is 18.3 Å². The number of thioether (sulfide) groups is 1. The van der Waals surface area contributed by atoms with Gasteiger partial charge in [0.15, 0.2) is 0 Å². The number of aryl methyl sites for hydroxylation is 2. The maximum absolute atomic E-state index is 12.5. The zero-order valence-corrected chi connectivity index (χ0v) is 14.1. The molecule has 0 saturated heterocycles. The Kier molecular flexibility index (Phi) is 5.19. The van der Waals surface area contributed by atoms with Crippen LogP contribution in [0.1, 0.15) is 55.2 Å². The van der Waals surface area contributed by atoms with Crippen molar-refractivity contribution in [3.8, 4) is 0 Å². The van der Waals surface area contributed by atoms with Gasteiger partial charge in [-0.1, -0.05) is 26.2 Å². The second-order valence-corrected chi connectivity index (χ2v) is 7.09. The zero-order chi connectivity index (χ0) is 15.5. The number of nitrogens with two attached hydrogens (primary N) is 1. The van der Waals surface area contributed by atoms with Crippen LogP contribution < -0.4 is 11.1 Å². The quantitative estimate of drug-likeness (QED) is 0.875. The number of rotatable bonds is 5. The summed E-state index contributed by atoms with van der Waals surface area (Å²) in [6.07, 6.45) is 9.05. The molecule has 1 aromatic heterocycles. The fourth-order valence-electron chi connectivity index (χ4n) is 3.10. The number of amides is 1. The standard InChI is InChI=1S/C15H26N4OS/c1-4-11-12(16)13(19(2)18-11)14(20)17-10-15(21-3)8-6-5-7-9-15/h4-10,16H2,1-3H3,(H,17,20). The highest BCUT2D eigenvalue weighted by atomic mass is 32.2. The van der Waals surface area contributed by atoms with Gasteiger partial charge in [0.1, 0.15) is 5.69 Å². The van der Waals surface area contributed by atoms with Gasteiger partial charge in [0.25, 0.3) is 5.91 Å². The van der Waals surface area contributed by atoms with Crippen molar-refractivity contribution in [2.24, 2.45) is 7.05 Å². The second-order valence-electron chi connectivity index (χ2n) is 5.82. The minimum Gasteiger partial charge on any atom is -0.395 e. The molecule has 0 unspecified atom stereocenters. The Hall–Kier alpha value is -1.17. The SMILES string of the molecule is CCc1nn(C)c(C(=O)NCC2(SC)CCCCC2)c1N. The molecule has 1 heterocycles. The Labute approximate surface area is 131 Å². The molecule has 1 aliphatic carbocycles. The van der Waals surface area contributed by atoms with E-state index in [4.69, 9.17) is 5.73 Å². The number of nitrogens with one attached hydrogen (secondary N) is 1. The Balaban J connectivity index is 2.06. The first-order valence-corrected chi connectivity index (χ1v) is 8.90. The van der Waals surface area contributed by atoms with Gasteiger partial charge in [-0.3, -0.25) is 9.48 Å². The average Bonchev–Trinajstić information content (AvgIpc) is 2.80. The molecule has 3 N–H and O–H groups in total. The number of nitrogens with zero attached hydrogens (tertiary/aromatic N) is 2. The Morgan fingerprint density at radius 3 is 2.62 bits per heavy atom. The Morgan fingerprint density at radius 2 is 2.10 bits per heavy atom. The maximum atomic E-state index is 12.5. The lowest BCUT2D eigenvalue weighted by atomic mass is 9.88. The number of carbonyl (C=O) groups excluding carboxylic acids is 1. The van der Waals surface area contributed by atoms with Gasteiger partial charge >= 0.3 is 0 Å². The summed E-state index contributed by atoms with van der Waals surface area (Å²) in [7, 11) is 1.77. The fraction of sp³-hybridized carbons (Fsp3) is 0.733. The number of hydrogen-bond acceptors (Lipinski definition) is 4. The Bertz CT molecular complexity index is 506. The molecule has 0 radical (unpaired) electrons. The normalized spacial score (nSPS) is 17.7. The summed E-state index contributed by atoms with van der Waals surface area (Å²) >= 11 is 1.88. The summed E-state index contributed by atoms with van der Waals surface area (Å²) in [5.74, 6) is -0.110. The van der Waals surface area contributed by atoms with E-state index >= 15 is 0 Å². The Morgan fingerprint density at radius 1 is 1.43 bits per heavy atom. The predicted octanol–water partition coefficient (Wildman–Crippen LogP) is 2.36. The van der Waals surface area contributed by atoms with Crippen molar-refractivity contribution < 1.29 is 4.79 Å². The van der Waals surface area contributed by atoms with Crippen LogP contribution in [-0.2, 0) is 13.5 Å². The van der Waals surface area contributed by atoms with E-state index in [9.17, 15) is 4.79 Å². The van der Waals surface area contributed by atoms with Gasteiger partial charge in [-0.25, -0.2) is 0 Å². The van der Waals surface area contributed by atoms with Crippen molar-refractivity contribution >= 4 is 23.4 Å². The van der Waals surface area contributed by atoms with E-state index in [-0.39, 0.29) is 10.7 Å². The van der Waals surface area contributed by atoms with E-state index in [1.807, 2.05) is 18.7 Å². The molecule has 0 bridgehead atoms. The highest BCUT2D eigenvalue weighted by molar-refractivity contribution is 8.00. The lowest BCUT2D eigenvalue weighted by Gasteiger charge is -2.35. The number of anilines is 1. The minimum absolute atomic E-state index is 0.110. The van der Waals surface area contributed by atoms with Gasteiger partial charge in [0.05, 0.1) is 11.4 Å². The van der Waals surface area contributed by atoms with Gasteiger partial charge in [0.2, 0.25) is 0 Å². The van der Waals surface area contributed by atoms with Crippen LogP contribution in [0.3, 0.4) is 0 Å². The summed E-state index contributed by atoms with van der Waals surface area (Å²) in [6.45, 7) is 2.70. The molecular weight excluding hydrogens is 284 g/mol. The van der Waals surface area contributed by atoms with E-state index < -0.39 is 0 Å². The zero-order valence-electron chi connectivity index (χ0n) is 13.2. The van der Waals surface area contributed by atoms with E-state index in [0.717, 1.165) is 12.1 Å². The molecule has 0 atom stereocenters. The van der Waals surface area contributed by atoms with Crippen molar-refractivity contribution in [3.05, 3.63) is 11.4 Å². The molecule has 0 spiro atoms. The largest absolute Gasteiger partial charge is 0.395 e. The van der Waals surface area contributed by atoms with Crippen molar-refractivity contribution in [1.29, 1.82) is 0 Å². The first-order valence-electron chi connectivity index (χ1n) is 7.67. The molecule has 0 aliphatic heterocycles. The van der Waals surface area contributed by atoms with Crippen LogP contribution in [-0.4, -0.2) is 33.2 Å². The molecule has 1 saturated carbocycles. The van der Waals surface area contributed by atoms with Crippen LogP contribution in [0.25, 0.3) is 0 Å². The summed E-state index contributed by atoms with van der Waals surface area (Å²) in [4.78, 5) is 12.5. The van der Waals surface area contributed by atoms with Crippen molar-refractivity contribution in [2.45, 2.75) is 50.2 Å². The van der Waals surface area contributed by atoms with Crippen molar-refractivity contribution in [3.63, 3.8) is 0 Å². The van der Waals surface area contributed by atoms with Crippen LogP contribution in [0.5, 0.6) is 0 Å². The lowest BCUT2D eigenvalue weighted by molar-refractivity contribution is 0.0938. The van der Waals surface area contributed by atoms with E-state index in [1.165, 1.54) is 32.1 Å². The van der Waals surface area contributed by atoms with Crippen LogP contribution in [0.15, 0.2) is 0 Å². The third-order valence-corrected chi connectivity index (χ3v) is 5.90. The van der Waals surface area contributed by atoms with Gasteiger partial charge in [-0.05, 0) is 25.5 Å². The predicted molar refractivity (Wildman–Crippen MR) is 88.7 cm³/mol. The highest BCUT2D eigenvalue weighted by Gasteiger charge is 2.32. The van der Waals surface area contributed by atoms with Gasteiger partial charge in [-0.2, -0.15) is 16.9 Å². The van der Waals surface area contributed by atoms with Gasteiger partial charge < -0.3 is 11.1 Å². The van der Waals surface area contributed by atoms with E-state index in [0.29, 0.717) is 17.9 Å². The van der Waals surface area contributed by atoms with Crippen LogP contribution in [0.4, 0.5) is 5.69 Å². The fourth-order valence-corrected chi connectivity index (χ4v) is 4.01. The molecule has 2 rings (SSSR count). The molecule has 6 heteroatoms. The van der Waals surface area contributed by atoms with Crippen LogP contribution in [0.2, 0.25) is 0 Å². The second kappa shape index (κ2) is 6.73. The first-order chi connectivity index (χ1) is 10.0. The summed E-state index contributed by atoms with van der Waals surface area (Å²) in [5, 5.41) is 7.39. The molecule has 5 nitrogen and oxygen atoms in total. The molecule has 21 heavy (non-hydrogen) atoms. The van der Waals surface area contributed by atoms with Crippen LogP contribution in [0, 0.1) is 0 Å². The van der Waals surface area contributed by atoms with E-state index in [1.54, 1.807) is 11.7 Å². The van der Waals surface area contributed by atoms with Crippen molar-refractivity contribution in [1.82, 2.24) is 15.1 Å². The smallest absolute Gasteiger partial charge is 0.271 e. The summed E-state index contributed by atoms with van der Waals surface area (Å²) < 4.78 is 1.78. The summed E-state index contributed by atoms with van der Waals surface area (Å²) in [6, 6.07) is 0. The first kappa shape index (κ1) is 16.2. The van der Waals surface area contributed by atoms with Gasteiger partial charge in [-0.15, -0.1) is 0 Å². The van der Waals surface area contributed by atoms with Crippen LogP contribution >= 0.6 is 11.8 Å². The van der Waals surface area contributed by atoms with Crippen molar-refractivity contribution in [2.75, 3.05) is 18.5 Å². The third-order valence-electron chi connectivity index (χ3n) is 4.48. The molecule has 1 amide bonds. The number of aromatic nitrogens is 2. The maximum Gasteiger partial charge on any atom is 0.271 e. The number of hydrogen-bond donors (Lipinski definition) is 2. The summed E-state index contributed by atoms with van der Waals surface area (Å²) in [5.41, 5.74) is 7.83. The topological polar surface area (TPSA) is 72.9 Å². The molecule has 118 valence electrons. The molecule has 1 aliphatic rings. The van der Waals surface area contributed by atoms with E-state index in [2.05, 4.69) is 16.7 Å². The lowest BCUT2D eigenvalue weighted by Crippen LogP contribution is -2.42. The highest BCUT2D eigenvalue weighted by Crippen LogP contribution is 2.38. The molecule has 1 aromatic rings. The number of nitrogen functional groups attached to an aromatic ring is 1. The average molecular weight is 310 g/mol. The molecular formula is C15H26N4OS. The molecule has 1 fully saturated rings. The minimum atomic E-state index is -0.110. The monoisotopic (exact) mass is 310 g/mol.